The van der Waals surface area contributed by atoms with E-state index in [9.17, 15) is 19.2 Å². The van der Waals surface area contributed by atoms with Crippen molar-refractivity contribution >= 4 is 68.4 Å². The van der Waals surface area contributed by atoms with Crippen molar-refractivity contribution < 1.29 is 19.2 Å². The number of piperidine rings is 1. The molecule has 7 rings (SSSR count). The summed E-state index contributed by atoms with van der Waals surface area (Å²) in [4.78, 5) is 59.4. The smallest absolute Gasteiger partial charge is 0.251 e. The number of carbonyl (C=O) groups excluding carboxylic acids is 4. The molecule has 3 saturated heterocycles. The summed E-state index contributed by atoms with van der Waals surface area (Å²) < 4.78 is 0. The number of rotatable bonds is 19. The fraction of sp³-hybridized carbons (Fsp3) is 0.579. The largest absolute Gasteiger partial charge is 0.350 e. The van der Waals surface area contributed by atoms with Crippen LogP contribution in [0.2, 0.25) is 10.0 Å². The number of carbonyl (C=O) groups is 4. The lowest BCUT2D eigenvalue weighted by Gasteiger charge is -2.35. The van der Waals surface area contributed by atoms with Gasteiger partial charge in [0.1, 0.15) is 0 Å². The highest BCUT2D eigenvalue weighted by atomic mass is 35.5. The number of amides is 4. The van der Waals surface area contributed by atoms with Gasteiger partial charge in [-0.25, -0.2) is 0 Å². The van der Waals surface area contributed by atoms with Gasteiger partial charge in [0.05, 0.1) is 12.1 Å². The third-order valence-electron chi connectivity index (χ3n) is 15.9. The van der Waals surface area contributed by atoms with Crippen molar-refractivity contribution in [2.24, 2.45) is 16.6 Å². The van der Waals surface area contributed by atoms with Crippen LogP contribution in [-0.4, -0.2) is 128 Å². The lowest BCUT2D eigenvalue weighted by Crippen LogP contribution is -2.51. The van der Waals surface area contributed by atoms with E-state index < -0.39 is 0 Å². The quantitative estimate of drug-likeness (QED) is 0.0624. The third kappa shape index (κ3) is 15.8. The van der Waals surface area contributed by atoms with Crippen LogP contribution < -0.4 is 27.0 Å². The van der Waals surface area contributed by atoms with Gasteiger partial charge in [0.25, 0.3) is 11.8 Å². The number of fused-ring (bicyclic) bond motifs is 2. The van der Waals surface area contributed by atoms with Crippen molar-refractivity contribution in [3.05, 3.63) is 94.0 Å². The summed E-state index contributed by atoms with van der Waals surface area (Å²) in [6.07, 6.45) is 11.0. The molecule has 0 spiro atoms. The second kappa shape index (κ2) is 26.6. The van der Waals surface area contributed by atoms with Gasteiger partial charge < -0.3 is 41.7 Å². The number of nitrogens with one attached hydrogen (secondary N) is 4. The molecule has 0 saturated carbocycles. The Labute approximate surface area is 433 Å². The van der Waals surface area contributed by atoms with E-state index in [4.69, 9.17) is 28.9 Å². The zero-order chi connectivity index (χ0) is 51.1. The number of benzene rings is 4. The Morgan fingerprint density at radius 2 is 1.01 bits per heavy atom. The van der Waals surface area contributed by atoms with Gasteiger partial charge in [0, 0.05) is 79.1 Å². The Morgan fingerprint density at radius 3 is 1.44 bits per heavy atom. The average molecular weight is 1010 g/mol. The summed E-state index contributed by atoms with van der Waals surface area (Å²) in [6, 6.07) is 22.1. The van der Waals surface area contributed by atoms with Crippen LogP contribution in [0.25, 0.3) is 21.5 Å². The van der Waals surface area contributed by atoms with Crippen molar-refractivity contribution in [1.29, 1.82) is 0 Å². The van der Waals surface area contributed by atoms with Crippen molar-refractivity contribution in [3.63, 3.8) is 0 Å². The van der Waals surface area contributed by atoms with Gasteiger partial charge in [-0.15, -0.1) is 0 Å². The summed E-state index contributed by atoms with van der Waals surface area (Å²) in [5.41, 5.74) is 7.28. The summed E-state index contributed by atoms with van der Waals surface area (Å²) in [5.74, 6) is 0.124. The molecule has 4 amide bonds. The molecule has 0 aromatic heterocycles. The van der Waals surface area contributed by atoms with Crippen molar-refractivity contribution in [3.8, 4) is 0 Å². The molecule has 4 aromatic carbocycles. The number of nitrogens with two attached hydrogens (primary N) is 1. The maximum absolute atomic E-state index is 13.7. The van der Waals surface area contributed by atoms with Crippen LogP contribution in [0.5, 0.6) is 0 Å². The Balaban J connectivity index is 0.000000235. The summed E-state index contributed by atoms with van der Waals surface area (Å²) in [6.45, 7) is 20.9. The van der Waals surface area contributed by atoms with Crippen LogP contribution in [0, 0.1) is 10.8 Å². The molecule has 388 valence electrons. The first-order valence-electron chi connectivity index (χ1n) is 26.6. The number of halogens is 2. The minimum atomic E-state index is -0.317. The van der Waals surface area contributed by atoms with Gasteiger partial charge in [0.15, 0.2) is 0 Å². The fourth-order valence-electron chi connectivity index (χ4n) is 10.1. The van der Waals surface area contributed by atoms with E-state index in [2.05, 4.69) is 72.6 Å². The van der Waals surface area contributed by atoms with Gasteiger partial charge >= 0.3 is 0 Å². The van der Waals surface area contributed by atoms with Crippen molar-refractivity contribution in [1.82, 2.24) is 36.0 Å². The number of hydrogen-bond acceptors (Lipinski definition) is 8. The first kappa shape index (κ1) is 56.0. The van der Waals surface area contributed by atoms with E-state index in [-0.39, 0.29) is 58.6 Å². The van der Waals surface area contributed by atoms with E-state index >= 15 is 0 Å². The minimum Gasteiger partial charge on any atom is -0.350 e. The van der Waals surface area contributed by atoms with Crippen LogP contribution >= 0.6 is 23.2 Å². The van der Waals surface area contributed by atoms with Gasteiger partial charge in [-0.1, -0.05) is 95.4 Å². The molecule has 12 nitrogen and oxygen atoms in total. The molecule has 0 unspecified atom stereocenters. The zero-order valence-electron chi connectivity index (χ0n) is 43.4. The van der Waals surface area contributed by atoms with Crippen LogP contribution in [0.4, 0.5) is 0 Å². The number of hydrogen-bond donors (Lipinski definition) is 5. The van der Waals surface area contributed by atoms with Crippen LogP contribution in [-0.2, 0) is 9.59 Å². The predicted octanol–water partition coefficient (Wildman–Crippen LogP) is 9.44. The van der Waals surface area contributed by atoms with Gasteiger partial charge in [-0.3, -0.25) is 19.2 Å². The Morgan fingerprint density at radius 1 is 0.606 bits per heavy atom. The topological polar surface area (TPSA) is 152 Å². The maximum atomic E-state index is 13.7. The normalized spacial score (nSPS) is 20.6. The average Bonchev–Trinajstić information content (AvgIpc) is 3.62. The van der Waals surface area contributed by atoms with E-state index in [1.165, 1.54) is 19.3 Å². The van der Waals surface area contributed by atoms with E-state index in [0.717, 1.165) is 106 Å². The maximum Gasteiger partial charge on any atom is 0.251 e. The molecule has 3 fully saturated rings. The molecule has 4 aromatic rings. The highest BCUT2D eigenvalue weighted by Gasteiger charge is 2.36. The SMILES string of the molecule is CCC(C)(CC)CN1CC[C@@H](CNC(=O)c2ccc3cc(Cl)ccc3c2)N[C@@H](CCN)C1=O.CCC(C)(CC)CN1CC[C@@H](CNC(=O)c2ccc3cc(Cl)ccc3c2)N[C@@H](CCN2CCCCC2)C1=O. The van der Waals surface area contributed by atoms with Crippen LogP contribution in [0.1, 0.15) is 133 Å². The second-order valence-corrected chi connectivity index (χ2v) is 21.9. The molecule has 71 heavy (non-hydrogen) atoms. The molecular formula is C57H82Cl2N8O4. The molecule has 0 bridgehead atoms. The summed E-state index contributed by atoms with van der Waals surface area (Å²) in [7, 11) is 0. The van der Waals surface area contributed by atoms with Gasteiger partial charge in [0.2, 0.25) is 11.8 Å². The third-order valence-corrected chi connectivity index (χ3v) is 16.4. The molecule has 6 N–H and O–H groups in total. The highest BCUT2D eigenvalue weighted by Crippen LogP contribution is 2.30. The van der Waals surface area contributed by atoms with E-state index in [1.807, 2.05) is 77.7 Å². The molecule has 3 heterocycles. The van der Waals surface area contributed by atoms with Gasteiger partial charge in [-0.2, -0.15) is 0 Å². The predicted molar refractivity (Wildman–Crippen MR) is 292 cm³/mol. The van der Waals surface area contributed by atoms with Crippen molar-refractivity contribution in [2.75, 3.05) is 65.4 Å². The van der Waals surface area contributed by atoms with Crippen molar-refractivity contribution in [2.45, 2.75) is 136 Å². The summed E-state index contributed by atoms with van der Waals surface area (Å²) in [5, 5.41) is 18.6. The Bertz CT molecular complexity index is 2400. The van der Waals surface area contributed by atoms with Crippen LogP contribution in [0.3, 0.4) is 0 Å². The Kier molecular flexibility index (Phi) is 21.0. The highest BCUT2D eigenvalue weighted by molar-refractivity contribution is 6.31. The molecule has 14 heteroatoms. The molecule has 4 atom stereocenters. The number of likely N-dealkylation sites (tertiary alicyclic amines) is 1. The van der Waals surface area contributed by atoms with E-state index in [1.54, 1.807) is 0 Å². The molecular weight excluding hydrogens is 932 g/mol. The fourth-order valence-corrected chi connectivity index (χ4v) is 10.5. The first-order valence-corrected chi connectivity index (χ1v) is 27.3. The molecule has 0 radical (unpaired) electrons. The molecule has 3 aliphatic heterocycles. The molecule has 0 aliphatic carbocycles. The zero-order valence-corrected chi connectivity index (χ0v) is 44.9. The number of nitrogens with zero attached hydrogens (tertiary/aromatic N) is 3. The minimum absolute atomic E-state index is 0.00761. The second-order valence-electron chi connectivity index (χ2n) is 21.1. The molecule has 3 aliphatic rings. The monoisotopic (exact) mass is 1010 g/mol. The lowest BCUT2D eigenvalue weighted by molar-refractivity contribution is -0.135. The summed E-state index contributed by atoms with van der Waals surface area (Å²) >= 11 is 12.2. The van der Waals surface area contributed by atoms with E-state index in [0.29, 0.717) is 53.8 Å². The Hall–Kier alpha value is -4.30. The van der Waals surface area contributed by atoms with Gasteiger partial charge in [-0.05, 0) is 165 Å². The first-order chi connectivity index (χ1) is 34.1. The standard InChI is InChI=1S/C31H45ClN4O2.C26H37ClN4O2/c1-4-31(3,5-2)22-36-18-13-27(34-28(30(36)38)14-17-35-15-7-6-8-16-35)21-33-29(37)25-10-9-24-20-26(32)12-11-23(24)19-25;1-4-26(3,5-2)17-31-13-11-22(30-23(10-12-28)25(31)33)16-29-24(32)20-7-6-19-15-21(27)9-8-18(19)14-20/h9-12,19-20,27-28,34H,4-8,13-18,21-22H2,1-3H3,(H,33,37);6-9,14-15,22-23,30H,4-5,10-13,16-17,28H2,1-3H3,(H,29,32)/t27-,28-;22-,23-/m00/s1. The lowest BCUT2D eigenvalue weighted by atomic mass is 9.84. The van der Waals surface area contributed by atoms with Crippen LogP contribution in [0.15, 0.2) is 72.8 Å².